The molecule has 2 heterocycles. The number of piperidine rings is 2. The van der Waals surface area contributed by atoms with Gasteiger partial charge in [0.1, 0.15) is 12.2 Å². The summed E-state index contributed by atoms with van der Waals surface area (Å²) in [6.07, 6.45) is 1.40. The van der Waals surface area contributed by atoms with Gasteiger partial charge in [-0.2, -0.15) is 0 Å². The monoisotopic (exact) mass is 818 g/mol. The van der Waals surface area contributed by atoms with Crippen molar-refractivity contribution < 1.29 is 38.1 Å². The third-order valence-electron chi connectivity index (χ3n) is 11.2. The molecule has 0 spiro atoms. The maximum absolute atomic E-state index is 13.0. The van der Waals surface area contributed by atoms with Gasteiger partial charge in [0.2, 0.25) is 0 Å². The van der Waals surface area contributed by atoms with Gasteiger partial charge in [-0.3, -0.25) is 9.80 Å². The van der Waals surface area contributed by atoms with Crippen LogP contribution in [0.5, 0.6) is 0 Å². The van der Waals surface area contributed by atoms with Crippen LogP contribution >= 0.6 is 0 Å². The van der Waals surface area contributed by atoms with Gasteiger partial charge < -0.3 is 29.6 Å². The summed E-state index contributed by atoms with van der Waals surface area (Å²) in [5.41, 5.74) is 4.13. The molecule has 2 unspecified atom stereocenters. The second-order valence-electron chi connectivity index (χ2n) is 16.8. The zero-order chi connectivity index (χ0) is 42.8. The Bertz CT molecular complexity index is 2050. The minimum absolute atomic E-state index is 0.0387. The third kappa shape index (κ3) is 10.9. The largest absolute Gasteiger partial charge is 0.467 e. The van der Waals surface area contributed by atoms with Crippen LogP contribution in [-0.2, 0) is 41.6 Å². The minimum atomic E-state index is -1.13. The fourth-order valence-electron chi connectivity index (χ4n) is 8.60. The molecule has 2 fully saturated rings. The van der Waals surface area contributed by atoms with Gasteiger partial charge in [-0.05, 0) is 92.9 Å². The van der Waals surface area contributed by atoms with E-state index in [2.05, 4.69) is 69.0 Å². The van der Waals surface area contributed by atoms with Gasteiger partial charge in [0, 0.05) is 32.1 Å². The van der Waals surface area contributed by atoms with Gasteiger partial charge in [0.25, 0.3) is 0 Å². The molecule has 0 radical (unpaired) electrons. The first-order valence-electron chi connectivity index (χ1n) is 20.7. The molecule has 4 aromatic rings. The highest BCUT2D eigenvalue weighted by Crippen LogP contribution is 2.44. The lowest BCUT2D eigenvalue weighted by Gasteiger charge is -2.41. The zero-order valence-electron chi connectivity index (χ0n) is 35.4. The number of rotatable bonds is 10. The van der Waals surface area contributed by atoms with Gasteiger partial charge in [0.15, 0.2) is 11.1 Å². The molecule has 4 aromatic carbocycles. The van der Waals surface area contributed by atoms with E-state index in [0.29, 0.717) is 32.5 Å². The SMILES string of the molecule is COC(=O)C1(NC(=O)OC(C)(C)C)CCCN(Cc2ccccc2)C1.COC(=O)C1(NC(=O)OCC2c3ccccc3-c3ccccc32)CCCN(Cc2ccccc2)C1. The van der Waals surface area contributed by atoms with E-state index in [4.69, 9.17) is 18.9 Å². The van der Waals surface area contributed by atoms with Crippen LogP contribution in [0.3, 0.4) is 0 Å². The van der Waals surface area contributed by atoms with Crippen LogP contribution < -0.4 is 10.6 Å². The fourth-order valence-corrected chi connectivity index (χ4v) is 8.60. The first-order chi connectivity index (χ1) is 28.8. The summed E-state index contributed by atoms with van der Waals surface area (Å²) >= 11 is 0. The first-order valence-corrected chi connectivity index (χ1v) is 20.7. The lowest BCUT2D eigenvalue weighted by Crippen LogP contribution is -2.63. The number of nitrogens with zero attached hydrogens (tertiary/aromatic N) is 2. The molecule has 0 aromatic heterocycles. The Balaban J connectivity index is 0.000000214. The van der Waals surface area contributed by atoms with E-state index in [-0.39, 0.29) is 12.5 Å². The summed E-state index contributed by atoms with van der Waals surface area (Å²) in [6, 6.07) is 36.6. The molecule has 12 heteroatoms. The van der Waals surface area contributed by atoms with Gasteiger partial charge >= 0.3 is 24.1 Å². The number of fused-ring (bicyclic) bond motifs is 3. The summed E-state index contributed by atoms with van der Waals surface area (Å²) < 4.78 is 21.2. The molecule has 2 N–H and O–H groups in total. The van der Waals surface area contributed by atoms with Crippen molar-refractivity contribution >= 4 is 24.1 Å². The van der Waals surface area contributed by atoms with Gasteiger partial charge in [-0.15, -0.1) is 0 Å². The normalized spacial score (nSPS) is 20.3. The van der Waals surface area contributed by atoms with Crippen LogP contribution in [-0.4, -0.2) is 97.6 Å². The van der Waals surface area contributed by atoms with Gasteiger partial charge in [-0.25, -0.2) is 19.2 Å². The van der Waals surface area contributed by atoms with Gasteiger partial charge in [-0.1, -0.05) is 109 Å². The van der Waals surface area contributed by atoms with E-state index >= 15 is 0 Å². The molecule has 2 saturated heterocycles. The van der Waals surface area contributed by atoms with Crippen LogP contribution in [0, 0.1) is 0 Å². The minimum Gasteiger partial charge on any atom is -0.467 e. The van der Waals surface area contributed by atoms with Crippen molar-refractivity contribution in [3.8, 4) is 11.1 Å². The molecule has 2 aliphatic heterocycles. The Morgan fingerprint density at radius 3 is 1.47 bits per heavy atom. The highest BCUT2D eigenvalue weighted by atomic mass is 16.6. The van der Waals surface area contributed by atoms with E-state index in [9.17, 15) is 19.2 Å². The second-order valence-corrected chi connectivity index (χ2v) is 16.8. The Hall–Kier alpha value is -5.72. The number of methoxy groups -OCH3 is 2. The molecule has 7 rings (SSSR count). The van der Waals surface area contributed by atoms with Crippen LogP contribution in [0.15, 0.2) is 109 Å². The molecule has 0 bridgehead atoms. The zero-order valence-corrected chi connectivity index (χ0v) is 35.4. The number of ether oxygens (including phenoxy) is 4. The quantitative estimate of drug-likeness (QED) is 0.123. The predicted molar refractivity (Wildman–Crippen MR) is 229 cm³/mol. The average Bonchev–Trinajstić information content (AvgIpc) is 3.56. The number of carbonyl (C=O) groups is 4. The van der Waals surface area contributed by atoms with Crippen molar-refractivity contribution in [3.05, 3.63) is 131 Å². The van der Waals surface area contributed by atoms with E-state index in [1.807, 2.05) is 60.7 Å². The van der Waals surface area contributed by atoms with Crippen molar-refractivity contribution in [2.75, 3.05) is 47.0 Å². The molecule has 12 nitrogen and oxygen atoms in total. The molecular weight excluding hydrogens is 761 g/mol. The van der Waals surface area contributed by atoms with Crippen molar-refractivity contribution in [1.82, 2.24) is 20.4 Å². The topological polar surface area (TPSA) is 136 Å². The molecule has 0 saturated carbocycles. The number of benzene rings is 4. The lowest BCUT2D eigenvalue weighted by molar-refractivity contribution is -0.151. The van der Waals surface area contributed by atoms with Crippen LogP contribution in [0.4, 0.5) is 9.59 Å². The highest BCUT2D eigenvalue weighted by Gasteiger charge is 2.47. The van der Waals surface area contributed by atoms with E-state index in [1.165, 1.54) is 30.9 Å². The highest BCUT2D eigenvalue weighted by molar-refractivity contribution is 5.87. The van der Waals surface area contributed by atoms with Crippen LogP contribution in [0.2, 0.25) is 0 Å². The molecule has 3 aliphatic rings. The number of esters is 2. The molecule has 2 amide bonds. The summed E-state index contributed by atoms with van der Waals surface area (Å²) in [7, 11) is 2.70. The number of carbonyl (C=O) groups excluding carboxylic acids is 4. The molecular formula is C48H58N4O8. The molecule has 60 heavy (non-hydrogen) atoms. The third-order valence-corrected chi connectivity index (χ3v) is 11.2. The number of hydrogen-bond donors (Lipinski definition) is 2. The fraction of sp³-hybridized carbons (Fsp3) is 0.417. The smallest absolute Gasteiger partial charge is 0.408 e. The predicted octanol–water partition coefficient (Wildman–Crippen LogP) is 7.45. The molecule has 1 aliphatic carbocycles. The van der Waals surface area contributed by atoms with Gasteiger partial charge in [0.05, 0.1) is 14.2 Å². The van der Waals surface area contributed by atoms with Crippen molar-refractivity contribution in [2.45, 2.75) is 82.1 Å². The van der Waals surface area contributed by atoms with E-state index < -0.39 is 40.8 Å². The van der Waals surface area contributed by atoms with Crippen LogP contribution in [0.25, 0.3) is 11.1 Å². The maximum atomic E-state index is 13.0. The first kappa shape index (κ1) is 43.8. The number of alkyl carbamates (subject to hydrolysis) is 2. The summed E-state index contributed by atoms with van der Waals surface area (Å²) in [5, 5.41) is 5.67. The number of nitrogens with one attached hydrogen (secondary N) is 2. The van der Waals surface area contributed by atoms with Crippen LogP contribution in [0.1, 0.15) is 74.6 Å². The number of amides is 2. The molecule has 318 valence electrons. The standard InChI is InChI=1S/C29H30N2O4.C19H28N2O4/c1-34-27(32)29(16-9-17-31(20-29)18-21-10-3-2-4-11-21)30-28(33)35-19-26-24-14-7-5-12-22(24)23-13-6-8-15-25(23)26;1-18(2,3)25-17(23)20-19(16(22)24-4)11-8-12-21(14-19)13-15-9-6-5-7-10-15/h2-8,10-15,26H,9,16-20H2,1H3,(H,30,33);5-7,9-10H,8,11-14H2,1-4H3,(H,20,23). The van der Waals surface area contributed by atoms with E-state index in [0.717, 1.165) is 49.2 Å². The lowest BCUT2D eigenvalue weighted by atomic mass is 9.88. The molecule has 2 atom stereocenters. The van der Waals surface area contributed by atoms with Crippen molar-refractivity contribution in [2.24, 2.45) is 0 Å². The maximum Gasteiger partial charge on any atom is 0.408 e. The van der Waals surface area contributed by atoms with E-state index in [1.54, 1.807) is 20.8 Å². The van der Waals surface area contributed by atoms with Crippen molar-refractivity contribution in [3.63, 3.8) is 0 Å². The summed E-state index contributed by atoms with van der Waals surface area (Å²) in [5.74, 6) is -0.914. The Labute approximate surface area is 353 Å². The Morgan fingerprint density at radius 2 is 1.03 bits per heavy atom. The summed E-state index contributed by atoms with van der Waals surface area (Å²) in [6.45, 7) is 9.47. The summed E-state index contributed by atoms with van der Waals surface area (Å²) in [4.78, 5) is 55.0. The Morgan fingerprint density at radius 1 is 0.617 bits per heavy atom. The Kier molecular flexibility index (Phi) is 14.3. The number of hydrogen-bond acceptors (Lipinski definition) is 10. The number of likely N-dealkylation sites (tertiary alicyclic amines) is 2. The average molecular weight is 819 g/mol. The second kappa shape index (κ2) is 19.6. The van der Waals surface area contributed by atoms with Crippen molar-refractivity contribution in [1.29, 1.82) is 0 Å².